The molecule has 0 amide bonds. The zero-order valence-corrected chi connectivity index (χ0v) is 11.0. The first-order valence-corrected chi connectivity index (χ1v) is 6.97. The minimum Gasteiger partial charge on any atom is -0.404 e. The number of hydrogen-bond donors (Lipinski definition) is 1. The van der Waals surface area contributed by atoms with E-state index in [1.54, 1.807) is 38.1 Å². The van der Waals surface area contributed by atoms with Gasteiger partial charge in [0.05, 0.1) is 13.2 Å². The van der Waals surface area contributed by atoms with Gasteiger partial charge in [0.25, 0.3) is 0 Å². The Morgan fingerprint density at radius 1 is 1.12 bits per heavy atom. The van der Waals surface area contributed by atoms with Crippen molar-refractivity contribution in [3.05, 3.63) is 29.8 Å². The van der Waals surface area contributed by atoms with Crippen molar-refractivity contribution < 1.29 is 18.1 Å². The normalized spacial score (nSPS) is 11.5. The Kier molecular flexibility index (Phi) is 5.65. The second-order valence-corrected chi connectivity index (χ2v) is 4.82. The van der Waals surface area contributed by atoms with Crippen LogP contribution in [0.4, 0.5) is 0 Å². The number of benzene rings is 1. The maximum Gasteiger partial charge on any atom is 0.530 e. The van der Waals surface area contributed by atoms with Gasteiger partial charge in [-0.3, -0.25) is 9.05 Å². The predicted molar refractivity (Wildman–Crippen MR) is 65.8 cm³/mol. The maximum absolute atomic E-state index is 12.0. The summed E-state index contributed by atoms with van der Waals surface area (Å²) in [5.41, 5.74) is 6.45. The molecule has 1 aromatic carbocycles. The molecular weight excluding hydrogens is 241 g/mol. The lowest BCUT2D eigenvalue weighted by atomic mass is 10.2. The third-order valence-corrected chi connectivity index (χ3v) is 3.53. The van der Waals surface area contributed by atoms with E-state index < -0.39 is 7.82 Å². The van der Waals surface area contributed by atoms with E-state index >= 15 is 0 Å². The summed E-state index contributed by atoms with van der Waals surface area (Å²) in [4.78, 5) is 0. The quantitative estimate of drug-likeness (QED) is 0.762. The van der Waals surface area contributed by atoms with Crippen LogP contribution in [0.15, 0.2) is 24.3 Å². The van der Waals surface area contributed by atoms with E-state index in [4.69, 9.17) is 19.3 Å². The van der Waals surface area contributed by atoms with Crippen molar-refractivity contribution in [3.63, 3.8) is 0 Å². The van der Waals surface area contributed by atoms with Gasteiger partial charge in [0.2, 0.25) is 0 Å². The van der Waals surface area contributed by atoms with E-state index in [1.165, 1.54) is 0 Å². The second-order valence-electron chi connectivity index (χ2n) is 3.22. The third-order valence-electron chi connectivity index (χ3n) is 1.95. The van der Waals surface area contributed by atoms with Gasteiger partial charge in [-0.2, -0.15) is 0 Å². The van der Waals surface area contributed by atoms with Crippen LogP contribution in [0, 0.1) is 0 Å². The van der Waals surface area contributed by atoms with Crippen LogP contribution in [0.5, 0.6) is 5.75 Å². The van der Waals surface area contributed by atoms with Crippen LogP contribution in [0.1, 0.15) is 19.4 Å². The first-order valence-electron chi connectivity index (χ1n) is 5.51. The van der Waals surface area contributed by atoms with Crippen molar-refractivity contribution in [2.45, 2.75) is 20.4 Å². The van der Waals surface area contributed by atoms with Gasteiger partial charge in [-0.1, -0.05) is 12.1 Å². The summed E-state index contributed by atoms with van der Waals surface area (Å²) in [6.45, 7) is 4.43. The van der Waals surface area contributed by atoms with Gasteiger partial charge in [-0.05, 0) is 31.5 Å². The van der Waals surface area contributed by atoms with Crippen molar-refractivity contribution >= 4 is 7.82 Å². The maximum atomic E-state index is 12.0. The number of hydrogen-bond acceptors (Lipinski definition) is 5. The average molecular weight is 259 g/mol. The van der Waals surface area contributed by atoms with E-state index in [0.29, 0.717) is 12.3 Å². The SMILES string of the molecule is CCOP(=O)(OCC)Oc1ccc(CN)cc1. The molecule has 0 radical (unpaired) electrons. The Morgan fingerprint density at radius 3 is 2.06 bits per heavy atom. The monoisotopic (exact) mass is 259 g/mol. The Hall–Kier alpha value is -0.870. The highest BCUT2D eigenvalue weighted by molar-refractivity contribution is 7.48. The number of nitrogens with two attached hydrogens (primary N) is 1. The molecule has 5 nitrogen and oxygen atoms in total. The molecule has 96 valence electrons. The predicted octanol–water partition coefficient (Wildman–Crippen LogP) is 2.71. The molecule has 0 aliphatic heterocycles. The summed E-state index contributed by atoms with van der Waals surface area (Å²) in [5.74, 6) is 0.437. The van der Waals surface area contributed by atoms with Crippen LogP contribution in [0.25, 0.3) is 0 Å². The molecule has 0 aliphatic rings. The van der Waals surface area contributed by atoms with E-state index in [9.17, 15) is 4.57 Å². The van der Waals surface area contributed by atoms with Gasteiger partial charge in [-0.15, -0.1) is 0 Å². The Morgan fingerprint density at radius 2 is 1.65 bits per heavy atom. The number of phosphoric ester groups is 1. The summed E-state index contributed by atoms with van der Waals surface area (Å²) in [6, 6.07) is 6.98. The Balaban J connectivity index is 2.75. The van der Waals surface area contributed by atoms with Gasteiger partial charge >= 0.3 is 7.82 Å². The molecule has 0 aromatic heterocycles. The first kappa shape index (κ1) is 14.2. The summed E-state index contributed by atoms with van der Waals surface area (Å²) >= 11 is 0. The van der Waals surface area contributed by atoms with Crippen molar-refractivity contribution in [1.82, 2.24) is 0 Å². The minimum absolute atomic E-state index is 0.262. The molecule has 0 bridgehead atoms. The van der Waals surface area contributed by atoms with Crippen molar-refractivity contribution in [1.29, 1.82) is 0 Å². The highest BCUT2D eigenvalue weighted by Gasteiger charge is 2.27. The summed E-state index contributed by atoms with van der Waals surface area (Å²) in [5, 5.41) is 0. The lowest BCUT2D eigenvalue weighted by Gasteiger charge is -2.17. The van der Waals surface area contributed by atoms with Gasteiger partial charge in [0.15, 0.2) is 0 Å². The lowest BCUT2D eigenvalue weighted by molar-refractivity contribution is 0.167. The highest BCUT2D eigenvalue weighted by Crippen LogP contribution is 2.49. The van der Waals surface area contributed by atoms with Crippen LogP contribution < -0.4 is 10.3 Å². The molecule has 0 saturated heterocycles. The van der Waals surface area contributed by atoms with E-state index in [0.717, 1.165) is 5.56 Å². The largest absolute Gasteiger partial charge is 0.530 e. The van der Waals surface area contributed by atoms with Gasteiger partial charge < -0.3 is 10.3 Å². The van der Waals surface area contributed by atoms with Crippen LogP contribution in [0.3, 0.4) is 0 Å². The molecule has 0 unspecified atom stereocenters. The van der Waals surface area contributed by atoms with Crippen molar-refractivity contribution in [3.8, 4) is 5.75 Å². The molecule has 17 heavy (non-hydrogen) atoms. The fourth-order valence-corrected chi connectivity index (χ4v) is 2.41. The van der Waals surface area contributed by atoms with Gasteiger partial charge in [0.1, 0.15) is 5.75 Å². The highest BCUT2D eigenvalue weighted by atomic mass is 31.2. The molecule has 1 rings (SSSR count). The fraction of sp³-hybridized carbons (Fsp3) is 0.455. The average Bonchev–Trinajstić information content (AvgIpc) is 2.30. The molecular formula is C11H18NO4P. The molecule has 0 saturated carbocycles. The summed E-state index contributed by atoms with van der Waals surface area (Å²) in [6.07, 6.45) is 0. The van der Waals surface area contributed by atoms with Crippen LogP contribution in [0.2, 0.25) is 0 Å². The van der Waals surface area contributed by atoms with Gasteiger partial charge in [-0.25, -0.2) is 4.57 Å². The molecule has 1 aromatic rings. The third kappa shape index (κ3) is 4.48. The molecule has 0 spiro atoms. The van der Waals surface area contributed by atoms with E-state index in [2.05, 4.69) is 0 Å². The number of phosphoric acid groups is 1. The standard InChI is InChI=1S/C11H18NO4P/c1-3-14-17(13,15-4-2)16-11-7-5-10(9-12)6-8-11/h5-8H,3-4,9,12H2,1-2H3. The lowest BCUT2D eigenvalue weighted by Crippen LogP contribution is -2.02. The van der Waals surface area contributed by atoms with Crippen LogP contribution in [-0.4, -0.2) is 13.2 Å². The fourth-order valence-electron chi connectivity index (χ4n) is 1.22. The summed E-state index contributed by atoms with van der Waals surface area (Å²) in [7, 11) is -3.50. The van der Waals surface area contributed by atoms with Gasteiger partial charge in [0, 0.05) is 6.54 Å². The smallest absolute Gasteiger partial charge is 0.404 e. The topological polar surface area (TPSA) is 70.8 Å². The molecule has 0 aliphatic carbocycles. The first-order chi connectivity index (χ1) is 8.13. The molecule has 2 N–H and O–H groups in total. The zero-order chi connectivity index (χ0) is 12.7. The summed E-state index contributed by atoms with van der Waals surface area (Å²) < 4.78 is 27.3. The molecule has 0 heterocycles. The minimum atomic E-state index is -3.50. The zero-order valence-electron chi connectivity index (χ0n) is 10.1. The van der Waals surface area contributed by atoms with E-state index in [-0.39, 0.29) is 13.2 Å². The Labute approximate surface area is 101 Å². The Bertz CT molecular complexity index is 370. The van der Waals surface area contributed by atoms with E-state index in [1.807, 2.05) is 0 Å². The second kappa shape index (κ2) is 6.77. The molecule has 0 fully saturated rings. The number of rotatable bonds is 7. The van der Waals surface area contributed by atoms with Crippen molar-refractivity contribution in [2.75, 3.05) is 13.2 Å². The van der Waals surface area contributed by atoms with Crippen LogP contribution in [-0.2, 0) is 20.2 Å². The van der Waals surface area contributed by atoms with Crippen LogP contribution >= 0.6 is 7.82 Å². The van der Waals surface area contributed by atoms with Crippen molar-refractivity contribution in [2.24, 2.45) is 5.73 Å². The molecule has 0 atom stereocenters. The molecule has 6 heteroatoms.